The lowest BCUT2D eigenvalue weighted by Crippen LogP contribution is -2.65. The first-order valence-corrected chi connectivity index (χ1v) is 7.14. The molecule has 1 aromatic carbocycles. The SMILES string of the molecule is COc1ccc(C(=O)N2CC3(COC(C)(C)OC3)C2)cc1. The largest absolute Gasteiger partial charge is 0.497 e. The fourth-order valence-corrected chi connectivity index (χ4v) is 2.74. The van der Waals surface area contributed by atoms with E-state index in [9.17, 15) is 4.79 Å². The number of nitrogens with zero attached hydrogens (tertiary/aromatic N) is 1. The number of carbonyl (C=O) groups is 1. The van der Waals surface area contributed by atoms with Crippen LogP contribution in [0.3, 0.4) is 0 Å². The average Bonchev–Trinajstić information content (AvgIpc) is 2.45. The number of carbonyl (C=O) groups excluding carboxylic acids is 1. The van der Waals surface area contributed by atoms with Gasteiger partial charge in [-0.3, -0.25) is 4.79 Å². The summed E-state index contributed by atoms with van der Waals surface area (Å²) in [5.41, 5.74) is 0.654. The van der Waals surface area contributed by atoms with Crippen LogP contribution in [0, 0.1) is 5.41 Å². The number of rotatable bonds is 2. The highest BCUT2D eigenvalue weighted by Crippen LogP contribution is 2.38. The minimum Gasteiger partial charge on any atom is -0.497 e. The van der Waals surface area contributed by atoms with Crippen LogP contribution in [0.25, 0.3) is 0 Å². The molecule has 2 saturated heterocycles. The number of hydrogen-bond donors (Lipinski definition) is 0. The second kappa shape index (κ2) is 5.00. The molecule has 0 atom stereocenters. The Morgan fingerprint density at radius 3 is 2.24 bits per heavy atom. The minimum absolute atomic E-state index is 0.0301. The molecule has 0 N–H and O–H groups in total. The Bertz CT molecular complexity index is 520. The zero-order chi connectivity index (χ0) is 15.1. The van der Waals surface area contributed by atoms with Crippen molar-refractivity contribution in [2.75, 3.05) is 33.4 Å². The average molecular weight is 291 g/mol. The quantitative estimate of drug-likeness (QED) is 0.835. The van der Waals surface area contributed by atoms with E-state index in [0.29, 0.717) is 31.9 Å². The summed E-state index contributed by atoms with van der Waals surface area (Å²) in [7, 11) is 1.61. The zero-order valence-electron chi connectivity index (χ0n) is 12.7. The van der Waals surface area contributed by atoms with Gasteiger partial charge in [0, 0.05) is 18.7 Å². The van der Waals surface area contributed by atoms with E-state index in [0.717, 1.165) is 5.75 Å². The van der Waals surface area contributed by atoms with E-state index >= 15 is 0 Å². The van der Waals surface area contributed by atoms with Crippen LogP contribution in [0.4, 0.5) is 0 Å². The highest BCUT2D eigenvalue weighted by Gasteiger charge is 2.50. The van der Waals surface area contributed by atoms with Crippen molar-refractivity contribution < 1.29 is 19.0 Å². The van der Waals surface area contributed by atoms with Crippen LogP contribution in [0.2, 0.25) is 0 Å². The lowest BCUT2D eigenvalue weighted by molar-refractivity contribution is -0.301. The van der Waals surface area contributed by atoms with Gasteiger partial charge in [-0.1, -0.05) is 0 Å². The highest BCUT2D eigenvalue weighted by atomic mass is 16.7. The molecule has 3 rings (SSSR count). The summed E-state index contributed by atoms with van der Waals surface area (Å²) < 4.78 is 16.5. The van der Waals surface area contributed by atoms with Crippen LogP contribution in [0.15, 0.2) is 24.3 Å². The van der Waals surface area contributed by atoms with Gasteiger partial charge in [-0.15, -0.1) is 0 Å². The van der Waals surface area contributed by atoms with Crippen LogP contribution in [0.1, 0.15) is 24.2 Å². The number of amides is 1. The molecule has 2 aliphatic heterocycles. The molecule has 1 spiro atoms. The molecule has 2 heterocycles. The topological polar surface area (TPSA) is 48.0 Å². The first-order chi connectivity index (χ1) is 9.93. The van der Waals surface area contributed by atoms with Gasteiger partial charge in [0.1, 0.15) is 5.75 Å². The Kier molecular flexibility index (Phi) is 3.42. The number of methoxy groups -OCH3 is 1. The lowest BCUT2D eigenvalue weighted by atomic mass is 9.80. The molecule has 5 heteroatoms. The van der Waals surface area contributed by atoms with E-state index in [4.69, 9.17) is 14.2 Å². The predicted molar refractivity (Wildman–Crippen MR) is 77.3 cm³/mol. The molecule has 2 aliphatic rings. The van der Waals surface area contributed by atoms with Crippen molar-refractivity contribution in [3.05, 3.63) is 29.8 Å². The summed E-state index contributed by atoms with van der Waals surface area (Å²) in [4.78, 5) is 14.2. The molecular weight excluding hydrogens is 270 g/mol. The molecule has 5 nitrogen and oxygen atoms in total. The normalized spacial score (nSPS) is 22.7. The van der Waals surface area contributed by atoms with Gasteiger partial charge >= 0.3 is 0 Å². The first kappa shape index (κ1) is 14.4. The molecule has 21 heavy (non-hydrogen) atoms. The van der Waals surface area contributed by atoms with Crippen LogP contribution in [-0.2, 0) is 9.47 Å². The second-order valence-corrected chi connectivity index (χ2v) is 6.37. The van der Waals surface area contributed by atoms with E-state index in [1.807, 2.05) is 18.7 Å². The molecule has 0 saturated carbocycles. The molecule has 0 unspecified atom stereocenters. The zero-order valence-corrected chi connectivity index (χ0v) is 12.7. The molecule has 1 amide bonds. The maximum Gasteiger partial charge on any atom is 0.253 e. The van der Waals surface area contributed by atoms with E-state index < -0.39 is 5.79 Å². The van der Waals surface area contributed by atoms with Gasteiger partial charge in [-0.2, -0.15) is 0 Å². The number of ether oxygens (including phenoxy) is 3. The molecular formula is C16H21NO4. The van der Waals surface area contributed by atoms with Crippen molar-refractivity contribution in [3.8, 4) is 5.75 Å². The van der Waals surface area contributed by atoms with Crippen molar-refractivity contribution in [2.24, 2.45) is 5.41 Å². The number of hydrogen-bond acceptors (Lipinski definition) is 4. The maximum absolute atomic E-state index is 12.4. The van der Waals surface area contributed by atoms with Gasteiger partial charge in [0.25, 0.3) is 5.91 Å². The van der Waals surface area contributed by atoms with Gasteiger partial charge in [0.15, 0.2) is 5.79 Å². The Hall–Kier alpha value is -1.59. The van der Waals surface area contributed by atoms with Crippen LogP contribution >= 0.6 is 0 Å². The van der Waals surface area contributed by atoms with Gasteiger partial charge in [-0.25, -0.2) is 0 Å². The van der Waals surface area contributed by atoms with Gasteiger partial charge in [-0.05, 0) is 38.1 Å². The van der Waals surface area contributed by atoms with E-state index in [-0.39, 0.29) is 11.3 Å². The van der Waals surface area contributed by atoms with Crippen LogP contribution in [0.5, 0.6) is 5.75 Å². The van der Waals surface area contributed by atoms with Crippen LogP contribution < -0.4 is 4.74 Å². The summed E-state index contributed by atoms with van der Waals surface area (Å²) in [5, 5.41) is 0. The number of likely N-dealkylation sites (tertiary alicyclic amines) is 1. The molecule has 0 bridgehead atoms. The fraction of sp³-hybridized carbons (Fsp3) is 0.562. The van der Waals surface area contributed by atoms with Gasteiger partial charge in [0.05, 0.1) is 25.7 Å². The molecule has 2 fully saturated rings. The summed E-state index contributed by atoms with van der Waals surface area (Å²) >= 11 is 0. The summed E-state index contributed by atoms with van der Waals surface area (Å²) in [6.45, 7) is 6.50. The van der Waals surface area contributed by atoms with Gasteiger partial charge in [0.2, 0.25) is 0 Å². The third-order valence-corrected chi connectivity index (χ3v) is 4.13. The van der Waals surface area contributed by atoms with Crippen LogP contribution in [-0.4, -0.2) is 50.0 Å². The lowest BCUT2D eigenvalue weighted by Gasteiger charge is -2.54. The maximum atomic E-state index is 12.4. The second-order valence-electron chi connectivity index (χ2n) is 6.37. The number of benzene rings is 1. The first-order valence-electron chi connectivity index (χ1n) is 7.14. The molecule has 1 aromatic rings. The molecule has 114 valence electrons. The van der Waals surface area contributed by atoms with E-state index in [1.54, 1.807) is 31.4 Å². The van der Waals surface area contributed by atoms with Crippen molar-refractivity contribution in [2.45, 2.75) is 19.6 Å². The Labute approximate surface area is 124 Å². The smallest absolute Gasteiger partial charge is 0.253 e. The molecule has 0 aromatic heterocycles. The summed E-state index contributed by atoms with van der Waals surface area (Å²) in [6, 6.07) is 7.20. The molecule has 0 radical (unpaired) electrons. The Morgan fingerprint density at radius 1 is 1.14 bits per heavy atom. The van der Waals surface area contributed by atoms with Crippen molar-refractivity contribution in [1.82, 2.24) is 4.90 Å². The van der Waals surface area contributed by atoms with Crippen molar-refractivity contribution in [3.63, 3.8) is 0 Å². The van der Waals surface area contributed by atoms with E-state index in [1.165, 1.54) is 0 Å². The minimum atomic E-state index is -0.508. The monoisotopic (exact) mass is 291 g/mol. The van der Waals surface area contributed by atoms with E-state index in [2.05, 4.69) is 0 Å². The Morgan fingerprint density at radius 2 is 1.71 bits per heavy atom. The summed E-state index contributed by atoms with van der Waals surface area (Å²) in [5.74, 6) is 0.294. The predicted octanol–water partition coefficient (Wildman–Crippen LogP) is 1.92. The third-order valence-electron chi connectivity index (χ3n) is 4.13. The fourth-order valence-electron chi connectivity index (χ4n) is 2.74. The highest BCUT2D eigenvalue weighted by molar-refractivity contribution is 5.95. The van der Waals surface area contributed by atoms with Crippen molar-refractivity contribution >= 4 is 5.91 Å². The third kappa shape index (κ3) is 2.76. The standard InChI is InChI=1S/C16H21NO4/c1-15(2)20-10-16(11-21-15)8-17(9-16)14(18)12-4-6-13(19-3)7-5-12/h4-7H,8-11H2,1-3H3. The summed E-state index contributed by atoms with van der Waals surface area (Å²) in [6.07, 6.45) is 0. The van der Waals surface area contributed by atoms with Crippen molar-refractivity contribution in [1.29, 1.82) is 0 Å². The van der Waals surface area contributed by atoms with Gasteiger partial charge < -0.3 is 19.1 Å². The Balaban J connectivity index is 1.59. The molecule has 0 aliphatic carbocycles.